The monoisotopic (exact) mass is 290 g/mol. The number of carbonyl (C=O) groups is 2. The second-order valence-electron chi connectivity index (χ2n) is 5.42. The van der Waals surface area contributed by atoms with Crippen LogP contribution in [0.4, 0.5) is 4.79 Å². The first kappa shape index (κ1) is 15.4. The van der Waals surface area contributed by atoms with E-state index in [1.807, 2.05) is 6.07 Å². The smallest absolute Gasteiger partial charge is 0.335 e. The zero-order valence-corrected chi connectivity index (χ0v) is 12.6. The topological polar surface area (TPSA) is 69.6 Å². The summed E-state index contributed by atoms with van der Waals surface area (Å²) in [6.45, 7) is 5.26. The highest BCUT2D eigenvalue weighted by atomic mass is 16.4. The number of amides is 2. The van der Waals surface area contributed by atoms with Crippen LogP contribution in [0.15, 0.2) is 18.2 Å². The van der Waals surface area contributed by atoms with Gasteiger partial charge in [0.1, 0.15) is 0 Å². The summed E-state index contributed by atoms with van der Waals surface area (Å²) in [5.74, 6) is -0.934. The molecule has 1 heterocycles. The fraction of sp³-hybridized carbons (Fsp3) is 0.500. The fourth-order valence-electron chi connectivity index (χ4n) is 2.62. The average Bonchev–Trinajstić information content (AvgIpc) is 2.51. The zero-order valence-electron chi connectivity index (χ0n) is 12.6. The molecule has 2 amide bonds. The van der Waals surface area contributed by atoms with E-state index in [9.17, 15) is 9.59 Å². The largest absolute Gasteiger partial charge is 0.478 e. The average molecular weight is 290 g/mol. The van der Waals surface area contributed by atoms with Crippen LogP contribution in [0.25, 0.3) is 0 Å². The first-order valence-corrected chi connectivity index (χ1v) is 7.45. The lowest BCUT2D eigenvalue weighted by atomic mass is 9.97. The highest BCUT2D eigenvalue weighted by Crippen LogP contribution is 2.20. The summed E-state index contributed by atoms with van der Waals surface area (Å²) in [4.78, 5) is 25.0. The molecule has 0 spiro atoms. The van der Waals surface area contributed by atoms with E-state index >= 15 is 0 Å². The molecule has 0 saturated heterocycles. The maximum Gasteiger partial charge on any atom is 0.335 e. The van der Waals surface area contributed by atoms with E-state index in [4.69, 9.17) is 5.11 Å². The van der Waals surface area contributed by atoms with Crippen LogP contribution in [0.5, 0.6) is 0 Å². The minimum atomic E-state index is -0.934. The normalized spacial score (nSPS) is 14.0. The molecule has 2 rings (SSSR count). The van der Waals surface area contributed by atoms with Crippen LogP contribution in [0.3, 0.4) is 0 Å². The Morgan fingerprint density at radius 2 is 2.00 bits per heavy atom. The predicted molar refractivity (Wildman–Crippen MR) is 80.4 cm³/mol. The molecule has 0 aliphatic carbocycles. The SMILES string of the molecule is CCC(CC)NC(=O)N1CCc2ccc(C(=O)O)cc2C1. The van der Waals surface area contributed by atoms with Gasteiger partial charge in [-0.05, 0) is 42.5 Å². The van der Waals surface area contributed by atoms with Gasteiger partial charge in [0.05, 0.1) is 5.56 Å². The lowest BCUT2D eigenvalue weighted by molar-refractivity contribution is 0.0696. The molecular weight excluding hydrogens is 268 g/mol. The Kier molecular flexibility index (Phi) is 4.83. The van der Waals surface area contributed by atoms with Crippen molar-refractivity contribution >= 4 is 12.0 Å². The minimum Gasteiger partial charge on any atom is -0.478 e. The molecule has 114 valence electrons. The number of aromatic carboxylic acids is 1. The van der Waals surface area contributed by atoms with Gasteiger partial charge in [-0.3, -0.25) is 0 Å². The quantitative estimate of drug-likeness (QED) is 0.895. The van der Waals surface area contributed by atoms with Gasteiger partial charge in [-0.15, -0.1) is 0 Å². The number of nitrogens with zero attached hydrogens (tertiary/aromatic N) is 1. The number of carboxylic acids is 1. The number of rotatable bonds is 4. The Labute approximate surface area is 125 Å². The summed E-state index contributed by atoms with van der Waals surface area (Å²) in [6, 6.07) is 5.30. The molecule has 0 unspecified atom stereocenters. The van der Waals surface area contributed by atoms with Crippen LogP contribution in [0, 0.1) is 0 Å². The van der Waals surface area contributed by atoms with Crippen LogP contribution in [0.1, 0.15) is 48.2 Å². The Morgan fingerprint density at radius 3 is 2.62 bits per heavy atom. The number of carboxylic acid groups (broad SMARTS) is 1. The van der Waals surface area contributed by atoms with Crippen molar-refractivity contribution < 1.29 is 14.7 Å². The van der Waals surface area contributed by atoms with Crippen LogP contribution >= 0.6 is 0 Å². The number of urea groups is 1. The van der Waals surface area contributed by atoms with Crippen molar-refractivity contribution in [2.24, 2.45) is 0 Å². The number of hydrogen-bond acceptors (Lipinski definition) is 2. The van der Waals surface area contributed by atoms with E-state index in [0.29, 0.717) is 13.1 Å². The molecule has 0 aromatic heterocycles. The minimum absolute atomic E-state index is 0.0601. The molecule has 5 nitrogen and oxygen atoms in total. The van der Waals surface area contributed by atoms with E-state index in [1.54, 1.807) is 17.0 Å². The number of carbonyl (C=O) groups excluding carboxylic acids is 1. The van der Waals surface area contributed by atoms with Crippen molar-refractivity contribution in [1.82, 2.24) is 10.2 Å². The van der Waals surface area contributed by atoms with Gasteiger partial charge < -0.3 is 15.3 Å². The predicted octanol–water partition coefficient (Wildman–Crippen LogP) is 2.64. The summed E-state index contributed by atoms with van der Waals surface area (Å²) in [5, 5.41) is 12.1. The lowest BCUT2D eigenvalue weighted by Gasteiger charge is -2.30. The standard InChI is InChI=1S/C16H22N2O3/c1-3-14(4-2)17-16(21)18-8-7-11-5-6-12(15(19)20)9-13(11)10-18/h5-6,9,14H,3-4,7-8,10H2,1-2H3,(H,17,21)(H,19,20). The summed E-state index contributed by atoms with van der Waals surface area (Å²) >= 11 is 0. The summed E-state index contributed by atoms with van der Waals surface area (Å²) < 4.78 is 0. The van der Waals surface area contributed by atoms with E-state index in [2.05, 4.69) is 19.2 Å². The van der Waals surface area contributed by atoms with Gasteiger partial charge in [0.2, 0.25) is 0 Å². The molecule has 0 saturated carbocycles. The van der Waals surface area contributed by atoms with E-state index in [-0.39, 0.29) is 17.6 Å². The Morgan fingerprint density at radius 1 is 1.29 bits per heavy atom. The van der Waals surface area contributed by atoms with Crippen molar-refractivity contribution in [3.05, 3.63) is 34.9 Å². The van der Waals surface area contributed by atoms with Gasteiger partial charge in [0.15, 0.2) is 0 Å². The molecule has 1 aliphatic heterocycles. The summed E-state index contributed by atoms with van der Waals surface area (Å²) in [7, 11) is 0. The summed E-state index contributed by atoms with van der Waals surface area (Å²) in [6.07, 6.45) is 2.59. The number of hydrogen-bond donors (Lipinski definition) is 2. The van der Waals surface area contributed by atoms with Crippen molar-refractivity contribution in [2.75, 3.05) is 6.54 Å². The molecular formula is C16H22N2O3. The van der Waals surface area contributed by atoms with Gasteiger partial charge in [0.25, 0.3) is 0 Å². The molecule has 1 aromatic rings. The van der Waals surface area contributed by atoms with E-state index < -0.39 is 5.97 Å². The lowest BCUT2D eigenvalue weighted by Crippen LogP contribution is -2.46. The third-order valence-corrected chi connectivity index (χ3v) is 4.07. The highest BCUT2D eigenvalue weighted by molar-refractivity contribution is 5.88. The second-order valence-corrected chi connectivity index (χ2v) is 5.42. The third kappa shape index (κ3) is 3.54. The van der Waals surface area contributed by atoms with E-state index in [0.717, 1.165) is 30.4 Å². The molecule has 21 heavy (non-hydrogen) atoms. The van der Waals surface area contributed by atoms with Crippen LogP contribution < -0.4 is 5.32 Å². The Balaban J connectivity index is 2.09. The molecule has 5 heteroatoms. The second kappa shape index (κ2) is 6.61. The Hall–Kier alpha value is -2.04. The summed E-state index contributed by atoms with van der Waals surface area (Å²) in [5.41, 5.74) is 2.34. The van der Waals surface area contributed by atoms with Gasteiger partial charge in [0, 0.05) is 19.1 Å². The van der Waals surface area contributed by atoms with Crippen LogP contribution in [-0.4, -0.2) is 34.6 Å². The molecule has 0 fully saturated rings. The molecule has 1 aliphatic rings. The third-order valence-electron chi connectivity index (χ3n) is 4.07. The highest BCUT2D eigenvalue weighted by Gasteiger charge is 2.22. The van der Waals surface area contributed by atoms with Gasteiger partial charge in [-0.25, -0.2) is 9.59 Å². The van der Waals surface area contributed by atoms with Crippen molar-refractivity contribution in [2.45, 2.75) is 45.7 Å². The van der Waals surface area contributed by atoms with Crippen molar-refractivity contribution in [1.29, 1.82) is 0 Å². The zero-order chi connectivity index (χ0) is 15.4. The first-order chi connectivity index (χ1) is 10.0. The van der Waals surface area contributed by atoms with Crippen molar-refractivity contribution in [3.63, 3.8) is 0 Å². The fourth-order valence-corrected chi connectivity index (χ4v) is 2.62. The number of nitrogens with one attached hydrogen (secondary N) is 1. The van der Waals surface area contributed by atoms with E-state index in [1.165, 1.54) is 0 Å². The van der Waals surface area contributed by atoms with Crippen molar-refractivity contribution in [3.8, 4) is 0 Å². The van der Waals surface area contributed by atoms with Gasteiger partial charge >= 0.3 is 12.0 Å². The van der Waals surface area contributed by atoms with Gasteiger partial charge in [-0.1, -0.05) is 19.9 Å². The number of fused-ring (bicyclic) bond motifs is 1. The van der Waals surface area contributed by atoms with Crippen LogP contribution in [-0.2, 0) is 13.0 Å². The number of benzene rings is 1. The maximum atomic E-state index is 12.3. The molecule has 0 bridgehead atoms. The molecule has 0 radical (unpaired) electrons. The first-order valence-electron chi connectivity index (χ1n) is 7.45. The molecule has 0 atom stereocenters. The van der Waals surface area contributed by atoms with Crippen LogP contribution in [0.2, 0.25) is 0 Å². The Bertz CT molecular complexity index is 538. The molecule has 2 N–H and O–H groups in total. The van der Waals surface area contributed by atoms with Gasteiger partial charge in [-0.2, -0.15) is 0 Å². The molecule has 1 aromatic carbocycles. The maximum absolute atomic E-state index is 12.3.